The quantitative estimate of drug-likeness (QED) is 0.279. The Morgan fingerprint density at radius 2 is 1.87 bits per heavy atom. The number of esters is 1. The summed E-state index contributed by atoms with van der Waals surface area (Å²) in [6, 6.07) is 5.17. The zero-order valence-electron chi connectivity index (χ0n) is 16.9. The molecule has 0 aliphatic rings. The molecule has 0 aliphatic heterocycles. The van der Waals surface area contributed by atoms with Gasteiger partial charge in [0.15, 0.2) is 6.61 Å². The summed E-state index contributed by atoms with van der Waals surface area (Å²) in [7, 11) is 0. The maximum absolute atomic E-state index is 11.6. The molecule has 0 radical (unpaired) electrons. The van der Waals surface area contributed by atoms with Crippen LogP contribution in [0.4, 0.5) is 5.13 Å². The lowest BCUT2D eigenvalue weighted by molar-refractivity contribution is -0.179. The van der Waals surface area contributed by atoms with E-state index in [0.29, 0.717) is 22.1 Å². The van der Waals surface area contributed by atoms with Crippen LogP contribution in [0.5, 0.6) is 0 Å². The normalized spacial score (nSPS) is 10.9. The summed E-state index contributed by atoms with van der Waals surface area (Å²) in [5.74, 6) is -2.70. The van der Waals surface area contributed by atoms with Crippen LogP contribution in [0, 0.1) is 0 Å². The number of hydrogen-bond donors (Lipinski definition) is 2. The third-order valence-electron chi connectivity index (χ3n) is 3.36. The van der Waals surface area contributed by atoms with Gasteiger partial charge in [-0.2, -0.15) is 4.99 Å². The highest BCUT2D eigenvalue weighted by molar-refractivity contribution is 7.13. The van der Waals surface area contributed by atoms with Crippen molar-refractivity contribution in [2.75, 3.05) is 6.61 Å². The summed E-state index contributed by atoms with van der Waals surface area (Å²) in [5.41, 5.74) is 7.31. The third kappa shape index (κ3) is 7.47. The Morgan fingerprint density at radius 1 is 1.13 bits per heavy atom. The van der Waals surface area contributed by atoms with E-state index in [1.54, 1.807) is 23.6 Å². The molecule has 0 unspecified atom stereocenters. The molecule has 0 aliphatic carbocycles. The van der Waals surface area contributed by atoms with E-state index in [4.69, 9.17) is 10.6 Å². The molecule has 3 N–H and O–H groups in total. The Morgan fingerprint density at radius 3 is 2.52 bits per heavy atom. The van der Waals surface area contributed by atoms with E-state index in [1.807, 2.05) is 0 Å². The molecule has 2 heterocycles. The fraction of sp³-hybridized carbons (Fsp3) is 0.278. The van der Waals surface area contributed by atoms with Gasteiger partial charge in [0.2, 0.25) is 11.1 Å². The van der Waals surface area contributed by atoms with Crippen LogP contribution in [0.3, 0.4) is 0 Å². The standard InChI is InChI=1S/C18H20N6O6S/c1-10(25)24(30-12(3)27)17(19)23-18-22-15(9-31-18)14-6-4-5-13(21-14)7-20-16(28)8-29-11(2)26/h4-6,9H,7-8H2,1-3H3,(H,20,28)(H2,19,22,23). The number of guanidine groups is 1. The summed E-state index contributed by atoms with van der Waals surface area (Å²) < 4.78 is 4.62. The molecule has 0 bridgehead atoms. The Labute approximate surface area is 181 Å². The lowest BCUT2D eigenvalue weighted by Crippen LogP contribution is -2.41. The average Bonchev–Trinajstić information content (AvgIpc) is 3.17. The number of carbonyl (C=O) groups is 4. The van der Waals surface area contributed by atoms with Gasteiger partial charge in [-0.1, -0.05) is 6.07 Å². The van der Waals surface area contributed by atoms with Crippen LogP contribution < -0.4 is 11.1 Å². The van der Waals surface area contributed by atoms with Crippen LogP contribution in [0.25, 0.3) is 11.4 Å². The Bertz CT molecular complexity index is 1020. The zero-order chi connectivity index (χ0) is 23.0. The zero-order valence-corrected chi connectivity index (χ0v) is 17.8. The van der Waals surface area contributed by atoms with Crippen molar-refractivity contribution in [1.29, 1.82) is 0 Å². The maximum Gasteiger partial charge on any atom is 0.330 e. The van der Waals surface area contributed by atoms with E-state index in [2.05, 4.69) is 25.0 Å². The molecule has 164 valence electrons. The molecular formula is C18H20N6O6S. The van der Waals surface area contributed by atoms with Crippen LogP contribution in [0.2, 0.25) is 0 Å². The molecule has 13 heteroatoms. The van der Waals surface area contributed by atoms with Crippen molar-refractivity contribution >= 4 is 46.2 Å². The number of hydrogen-bond acceptors (Lipinski definition) is 10. The molecule has 0 saturated heterocycles. The second-order valence-electron chi connectivity index (χ2n) is 5.95. The summed E-state index contributed by atoms with van der Waals surface area (Å²) >= 11 is 1.14. The highest BCUT2D eigenvalue weighted by Crippen LogP contribution is 2.25. The first kappa shape index (κ1) is 23.4. The van der Waals surface area contributed by atoms with Crippen LogP contribution in [0.1, 0.15) is 26.5 Å². The van der Waals surface area contributed by atoms with Gasteiger partial charge in [-0.15, -0.1) is 16.4 Å². The summed E-state index contributed by atoms with van der Waals surface area (Å²) in [5, 5.41) is 5.06. The molecule has 31 heavy (non-hydrogen) atoms. The number of hydroxylamine groups is 2. The molecule has 0 atom stereocenters. The van der Waals surface area contributed by atoms with Gasteiger partial charge in [0.1, 0.15) is 5.69 Å². The van der Waals surface area contributed by atoms with Gasteiger partial charge in [0.25, 0.3) is 11.8 Å². The Balaban J connectivity index is 2.09. The highest BCUT2D eigenvalue weighted by atomic mass is 32.1. The first-order chi connectivity index (χ1) is 14.7. The Kier molecular flexibility index (Phi) is 8.14. The van der Waals surface area contributed by atoms with Crippen molar-refractivity contribution in [1.82, 2.24) is 20.3 Å². The minimum atomic E-state index is -0.728. The van der Waals surface area contributed by atoms with Crippen LogP contribution in [-0.4, -0.2) is 51.4 Å². The molecule has 2 aromatic rings. The number of ether oxygens (including phenoxy) is 1. The van der Waals surface area contributed by atoms with E-state index >= 15 is 0 Å². The highest BCUT2D eigenvalue weighted by Gasteiger charge is 2.18. The minimum Gasteiger partial charge on any atom is -0.456 e. The minimum absolute atomic E-state index is 0.131. The fourth-order valence-electron chi connectivity index (χ4n) is 2.11. The number of pyridine rings is 1. The topological polar surface area (TPSA) is 166 Å². The number of nitrogens with one attached hydrogen (secondary N) is 1. The second-order valence-corrected chi connectivity index (χ2v) is 6.79. The lowest BCUT2D eigenvalue weighted by Gasteiger charge is -2.16. The van der Waals surface area contributed by atoms with E-state index < -0.39 is 23.8 Å². The van der Waals surface area contributed by atoms with Crippen molar-refractivity contribution in [2.45, 2.75) is 27.3 Å². The van der Waals surface area contributed by atoms with E-state index in [-0.39, 0.29) is 24.2 Å². The van der Waals surface area contributed by atoms with Crippen molar-refractivity contribution in [3.8, 4) is 11.4 Å². The molecule has 0 aromatic carbocycles. The second kappa shape index (κ2) is 10.8. The summed E-state index contributed by atoms with van der Waals surface area (Å²) in [6.45, 7) is 3.27. The number of rotatable bonds is 6. The van der Waals surface area contributed by atoms with Crippen molar-refractivity contribution < 1.29 is 28.8 Å². The average molecular weight is 448 g/mol. The van der Waals surface area contributed by atoms with Crippen molar-refractivity contribution in [3.63, 3.8) is 0 Å². The van der Waals surface area contributed by atoms with Crippen LogP contribution in [0.15, 0.2) is 28.6 Å². The number of nitrogens with two attached hydrogens (primary N) is 1. The number of aromatic nitrogens is 2. The van der Waals surface area contributed by atoms with Gasteiger partial charge in [-0.3, -0.25) is 14.4 Å². The summed E-state index contributed by atoms with van der Waals surface area (Å²) in [6.07, 6.45) is 0. The predicted octanol–water partition coefficient (Wildman–Crippen LogP) is 0.657. The fourth-order valence-corrected chi connectivity index (χ4v) is 2.79. The molecule has 0 saturated carbocycles. The monoisotopic (exact) mass is 448 g/mol. The molecule has 0 spiro atoms. The molecular weight excluding hydrogens is 428 g/mol. The number of amides is 2. The van der Waals surface area contributed by atoms with Gasteiger partial charge in [-0.25, -0.2) is 14.8 Å². The largest absolute Gasteiger partial charge is 0.456 e. The molecule has 2 rings (SSSR count). The predicted molar refractivity (Wildman–Crippen MR) is 109 cm³/mol. The Hall–Kier alpha value is -3.87. The summed E-state index contributed by atoms with van der Waals surface area (Å²) in [4.78, 5) is 62.5. The number of aliphatic imine (C=N–C) groups is 1. The SMILES string of the molecule is CC(=O)OCC(=O)NCc1cccc(-c2csc(N=C(N)N(OC(C)=O)C(C)=O)n2)n1. The third-order valence-corrected chi connectivity index (χ3v) is 4.09. The van der Waals surface area contributed by atoms with Crippen LogP contribution in [-0.2, 0) is 35.3 Å². The molecule has 0 fully saturated rings. The number of nitrogens with zero attached hydrogens (tertiary/aromatic N) is 4. The van der Waals surface area contributed by atoms with Gasteiger partial charge in [0, 0.05) is 26.2 Å². The maximum atomic E-state index is 11.6. The smallest absolute Gasteiger partial charge is 0.330 e. The first-order valence-corrected chi connectivity index (χ1v) is 9.69. The van der Waals surface area contributed by atoms with E-state index in [1.165, 1.54) is 13.8 Å². The molecule has 12 nitrogen and oxygen atoms in total. The van der Waals surface area contributed by atoms with Gasteiger partial charge < -0.3 is 20.6 Å². The van der Waals surface area contributed by atoms with E-state index in [9.17, 15) is 19.2 Å². The van der Waals surface area contributed by atoms with Gasteiger partial charge in [-0.05, 0) is 12.1 Å². The first-order valence-electron chi connectivity index (χ1n) is 8.81. The van der Waals surface area contributed by atoms with E-state index in [0.717, 1.165) is 18.3 Å². The number of carbonyl (C=O) groups excluding carboxylic acids is 4. The van der Waals surface area contributed by atoms with Gasteiger partial charge in [0.05, 0.1) is 17.9 Å². The van der Waals surface area contributed by atoms with Crippen LogP contribution >= 0.6 is 11.3 Å². The molecule has 2 amide bonds. The molecule has 2 aromatic heterocycles. The van der Waals surface area contributed by atoms with Crippen molar-refractivity contribution in [2.24, 2.45) is 10.7 Å². The number of thiazole rings is 1. The van der Waals surface area contributed by atoms with Crippen molar-refractivity contribution in [3.05, 3.63) is 29.3 Å². The van der Waals surface area contributed by atoms with Gasteiger partial charge >= 0.3 is 11.9 Å². The lowest BCUT2D eigenvalue weighted by atomic mass is 10.2.